The van der Waals surface area contributed by atoms with Crippen molar-refractivity contribution in [3.05, 3.63) is 36.0 Å². The number of benzene rings is 1. The minimum Gasteiger partial charge on any atom is -0.491 e. The van der Waals surface area contributed by atoms with E-state index in [-0.39, 0.29) is 24.4 Å². The molecule has 2 aromatic rings. The van der Waals surface area contributed by atoms with Crippen molar-refractivity contribution in [2.24, 2.45) is 5.73 Å². The van der Waals surface area contributed by atoms with E-state index in [9.17, 15) is 9.59 Å². The molecule has 1 atom stereocenters. The molecule has 138 valence electrons. The molecule has 2 heterocycles. The van der Waals surface area contributed by atoms with Crippen LogP contribution in [-0.2, 0) is 11.3 Å². The molecule has 10 nitrogen and oxygen atoms in total. The Kier molecular flexibility index (Phi) is 5.64. The van der Waals surface area contributed by atoms with Gasteiger partial charge in [0.25, 0.3) is 0 Å². The number of ether oxygens (including phenoxy) is 2. The molecule has 1 aliphatic heterocycles. The summed E-state index contributed by atoms with van der Waals surface area (Å²) >= 11 is 0. The summed E-state index contributed by atoms with van der Waals surface area (Å²) in [6, 6.07) is 6.53. The third-order valence-electron chi connectivity index (χ3n) is 3.66. The van der Waals surface area contributed by atoms with Gasteiger partial charge >= 0.3 is 17.8 Å². The van der Waals surface area contributed by atoms with Gasteiger partial charge in [0.2, 0.25) is 0 Å². The maximum Gasteiger partial charge on any atom is 0.319 e. The monoisotopic (exact) mass is 361 g/mol. The van der Waals surface area contributed by atoms with Crippen molar-refractivity contribution in [2.75, 3.05) is 18.5 Å². The Balaban J connectivity index is 1.42. The highest BCUT2D eigenvalue weighted by Gasteiger charge is 2.16. The van der Waals surface area contributed by atoms with Gasteiger partial charge in [-0.25, -0.2) is 4.79 Å². The molecule has 0 saturated carbocycles. The largest absolute Gasteiger partial charge is 0.491 e. The lowest BCUT2D eigenvalue weighted by Crippen LogP contribution is -2.28. The second kappa shape index (κ2) is 8.30. The molecule has 0 bridgehead atoms. The molecule has 0 aliphatic carbocycles. The zero-order valence-corrected chi connectivity index (χ0v) is 13.9. The molecule has 1 fully saturated rings. The Morgan fingerprint density at radius 3 is 2.77 bits per heavy atom. The fraction of sp³-hybridized carbons (Fsp3) is 0.375. The number of amides is 3. The first-order valence-electron chi connectivity index (χ1n) is 8.12. The van der Waals surface area contributed by atoms with Gasteiger partial charge in [-0.1, -0.05) is 5.16 Å². The molecule has 10 heteroatoms. The van der Waals surface area contributed by atoms with Crippen LogP contribution in [0.1, 0.15) is 29.4 Å². The van der Waals surface area contributed by atoms with E-state index in [0.717, 1.165) is 19.4 Å². The van der Waals surface area contributed by atoms with Crippen LogP contribution in [0.25, 0.3) is 0 Å². The van der Waals surface area contributed by atoms with Gasteiger partial charge in [-0.05, 0) is 37.1 Å². The van der Waals surface area contributed by atoms with Crippen molar-refractivity contribution in [3.63, 3.8) is 0 Å². The molecule has 0 unspecified atom stereocenters. The lowest BCUT2D eigenvalue weighted by Gasteiger charge is -2.12. The Morgan fingerprint density at radius 1 is 1.31 bits per heavy atom. The summed E-state index contributed by atoms with van der Waals surface area (Å²) in [6.07, 6.45) is 2.24. The summed E-state index contributed by atoms with van der Waals surface area (Å²) in [5, 5.41) is 8.72. The predicted octanol–water partition coefficient (Wildman–Crippen LogP) is 1.05. The zero-order chi connectivity index (χ0) is 18.4. The first-order chi connectivity index (χ1) is 12.6. The smallest absolute Gasteiger partial charge is 0.319 e. The average molecular weight is 361 g/mol. The van der Waals surface area contributed by atoms with Crippen molar-refractivity contribution in [3.8, 4) is 5.75 Å². The number of rotatable bonds is 7. The molecule has 4 N–H and O–H groups in total. The number of urea groups is 1. The third kappa shape index (κ3) is 4.93. The van der Waals surface area contributed by atoms with Gasteiger partial charge in [0.1, 0.15) is 12.4 Å². The SMILES string of the molecule is NC(=O)c1nc(CNC(=O)Nc2ccc(OC[C@@H]3CCCO3)cc2)no1. The molecule has 1 saturated heterocycles. The van der Waals surface area contributed by atoms with Crippen LogP contribution in [0.2, 0.25) is 0 Å². The van der Waals surface area contributed by atoms with Crippen LogP contribution in [0.4, 0.5) is 10.5 Å². The number of nitrogens with two attached hydrogens (primary N) is 1. The van der Waals surface area contributed by atoms with Crippen molar-refractivity contribution >= 4 is 17.6 Å². The van der Waals surface area contributed by atoms with Crippen LogP contribution in [0.5, 0.6) is 5.75 Å². The molecule has 3 amide bonds. The first-order valence-corrected chi connectivity index (χ1v) is 8.12. The normalized spacial score (nSPS) is 16.2. The number of hydrogen-bond donors (Lipinski definition) is 3. The van der Waals surface area contributed by atoms with Crippen molar-refractivity contribution in [1.82, 2.24) is 15.5 Å². The molecule has 0 spiro atoms. The maximum atomic E-state index is 11.9. The number of anilines is 1. The fourth-order valence-electron chi connectivity index (χ4n) is 2.36. The molecule has 0 radical (unpaired) electrons. The highest BCUT2D eigenvalue weighted by atomic mass is 16.5. The number of carbonyl (C=O) groups is 2. The van der Waals surface area contributed by atoms with E-state index in [1.165, 1.54) is 0 Å². The lowest BCUT2D eigenvalue weighted by atomic mass is 10.2. The highest BCUT2D eigenvalue weighted by molar-refractivity contribution is 5.89. The average Bonchev–Trinajstić information content (AvgIpc) is 3.31. The minimum absolute atomic E-state index is 0.00873. The number of carbonyl (C=O) groups excluding carboxylic acids is 2. The first kappa shape index (κ1) is 17.7. The van der Waals surface area contributed by atoms with Crippen LogP contribution >= 0.6 is 0 Å². The molecular weight excluding hydrogens is 342 g/mol. The second-order valence-electron chi connectivity index (χ2n) is 5.66. The number of aromatic nitrogens is 2. The van der Waals surface area contributed by atoms with Crippen LogP contribution in [-0.4, -0.2) is 41.4 Å². The summed E-state index contributed by atoms with van der Waals surface area (Å²) in [6.45, 7) is 1.30. The molecule has 1 aliphatic rings. The second-order valence-corrected chi connectivity index (χ2v) is 5.66. The van der Waals surface area contributed by atoms with E-state index in [2.05, 4.69) is 25.3 Å². The summed E-state index contributed by atoms with van der Waals surface area (Å²) in [4.78, 5) is 26.4. The van der Waals surface area contributed by atoms with Crippen LogP contribution in [0.3, 0.4) is 0 Å². The van der Waals surface area contributed by atoms with Crippen LogP contribution in [0.15, 0.2) is 28.8 Å². The van der Waals surface area contributed by atoms with Gasteiger partial charge in [0, 0.05) is 12.3 Å². The lowest BCUT2D eigenvalue weighted by molar-refractivity contribution is 0.0679. The minimum atomic E-state index is -0.824. The summed E-state index contributed by atoms with van der Waals surface area (Å²) in [5.74, 6) is -0.278. The fourth-order valence-corrected chi connectivity index (χ4v) is 2.36. The number of hydrogen-bond acceptors (Lipinski definition) is 7. The number of primary amides is 1. The number of nitrogens with zero attached hydrogens (tertiary/aromatic N) is 2. The standard InChI is InChI=1S/C16H19N5O5/c17-14(22)15-20-13(21-26-15)8-18-16(23)19-10-3-5-11(6-4-10)25-9-12-2-1-7-24-12/h3-6,12H,1-2,7-9H2,(H2,17,22)(H2,18,19,23)/t12-/m0/s1. The summed E-state index contributed by atoms with van der Waals surface area (Å²) in [5.41, 5.74) is 5.60. The molecule has 3 rings (SSSR count). The van der Waals surface area contributed by atoms with Gasteiger partial charge in [0.15, 0.2) is 5.82 Å². The van der Waals surface area contributed by atoms with Gasteiger partial charge in [0.05, 0.1) is 12.6 Å². The third-order valence-corrected chi connectivity index (χ3v) is 3.66. The van der Waals surface area contributed by atoms with Crippen molar-refractivity contribution < 1.29 is 23.6 Å². The Hall–Kier alpha value is -3.14. The highest BCUT2D eigenvalue weighted by Crippen LogP contribution is 2.18. The Labute approximate surface area is 149 Å². The summed E-state index contributed by atoms with van der Waals surface area (Å²) < 4.78 is 15.8. The van der Waals surface area contributed by atoms with E-state index in [0.29, 0.717) is 18.0 Å². The van der Waals surface area contributed by atoms with E-state index in [4.69, 9.17) is 15.2 Å². The van der Waals surface area contributed by atoms with Crippen molar-refractivity contribution in [1.29, 1.82) is 0 Å². The predicted molar refractivity (Wildman–Crippen MR) is 89.6 cm³/mol. The Bertz CT molecular complexity index is 755. The van der Waals surface area contributed by atoms with E-state index in [1.807, 2.05) is 0 Å². The van der Waals surface area contributed by atoms with Gasteiger partial charge in [-0.2, -0.15) is 4.98 Å². The summed E-state index contributed by atoms with van der Waals surface area (Å²) in [7, 11) is 0. The molecule has 1 aromatic heterocycles. The van der Waals surface area contributed by atoms with E-state index in [1.54, 1.807) is 24.3 Å². The van der Waals surface area contributed by atoms with Gasteiger partial charge in [-0.3, -0.25) is 4.79 Å². The van der Waals surface area contributed by atoms with Gasteiger partial charge in [-0.15, -0.1) is 0 Å². The zero-order valence-electron chi connectivity index (χ0n) is 13.9. The van der Waals surface area contributed by atoms with Crippen LogP contribution in [0, 0.1) is 0 Å². The topological polar surface area (TPSA) is 142 Å². The quantitative estimate of drug-likeness (QED) is 0.669. The molecule has 26 heavy (non-hydrogen) atoms. The molecule has 1 aromatic carbocycles. The van der Waals surface area contributed by atoms with E-state index < -0.39 is 11.9 Å². The molecular formula is C16H19N5O5. The van der Waals surface area contributed by atoms with Crippen LogP contribution < -0.4 is 21.1 Å². The van der Waals surface area contributed by atoms with Crippen molar-refractivity contribution in [2.45, 2.75) is 25.5 Å². The number of nitrogens with one attached hydrogen (secondary N) is 2. The Morgan fingerprint density at radius 2 is 2.12 bits per heavy atom. The maximum absolute atomic E-state index is 11.9. The van der Waals surface area contributed by atoms with Gasteiger partial charge < -0.3 is 30.4 Å². The van der Waals surface area contributed by atoms with E-state index >= 15 is 0 Å².